The van der Waals surface area contributed by atoms with Crippen molar-refractivity contribution in [1.29, 1.82) is 0 Å². The monoisotopic (exact) mass is 301 g/mol. The maximum atomic E-state index is 12.0. The van der Waals surface area contributed by atoms with Crippen LogP contribution >= 0.6 is 0 Å². The number of rotatable bonds is 5. The quantitative estimate of drug-likeness (QED) is 0.847. The fourth-order valence-electron chi connectivity index (χ4n) is 2.36. The molecule has 7 nitrogen and oxygen atoms in total. The number of aromatic nitrogens is 3. The van der Waals surface area contributed by atoms with Crippen LogP contribution in [0.25, 0.3) is 0 Å². The minimum Gasteiger partial charge on any atom is -0.375 e. The van der Waals surface area contributed by atoms with E-state index in [1.54, 1.807) is 11.0 Å². The number of nitrogens with one attached hydrogen (secondary N) is 2. The largest absolute Gasteiger partial charge is 0.375 e. The van der Waals surface area contributed by atoms with Crippen molar-refractivity contribution in [3.8, 4) is 0 Å². The lowest BCUT2D eigenvalue weighted by Gasteiger charge is -2.23. The van der Waals surface area contributed by atoms with Gasteiger partial charge < -0.3 is 15.4 Å². The van der Waals surface area contributed by atoms with Crippen LogP contribution in [-0.4, -0.2) is 46.5 Å². The zero-order chi connectivity index (χ0) is 15.2. The molecule has 1 aromatic heterocycles. The van der Waals surface area contributed by atoms with Gasteiger partial charge in [0, 0.05) is 18.8 Å². The molecule has 7 heteroatoms. The van der Waals surface area contributed by atoms with Gasteiger partial charge in [-0.05, 0) is 17.7 Å². The Balaban J connectivity index is 1.50. The predicted octanol–water partition coefficient (Wildman–Crippen LogP) is 0.643. The number of morpholine rings is 1. The normalized spacial score (nSPS) is 18.1. The molecule has 2 aromatic rings. The van der Waals surface area contributed by atoms with Crippen molar-refractivity contribution in [1.82, 2.24) is 20.1 Å². The summed E-state index contributed by atoms with van der Waals surface area (Å²) in [4.78, 5) is 15.9. The van der Waals surface area contributed by atoms with E-state index in [2.05, 4.69) is 20.7 Å². The van der Waals surface area contributed by atoms with Gasteiger partial charge in [-0.2, -0.15) is 5.10 Å². The van der Waals surface area contributed by atoms with Crippen LogP contribution in [0, 0.1) is 0 Å². The van der Waals surface area contributed by atoms with Gasteiger partial charge in [-0.25, -0.2) is 9.67 Å². The zero-order valence-electron chi connectivity index (χ0n) is 12.2. The van der Waals surface area contributed by atoms with Crippen molar-refractivity contribution in [2.75, 3.05) is 25.0 Å². The van der Waals surface area contributed by atoms with Gasteiger partial charge >= 0.3 is 0 Å². The van der Waals surface area contributed by atoms with Gasteiger partial charge in [0.05, 0.1) is 25.7 Å². The van der Waals surface area contributed by atoms with E-state index in [0.29, 0.717) is 19.6 Å². The second-order valence-electron chi connectivity index (χ2n) is 5.24. The van der Waals surface area contributed by atoms with Crippen molar-refractivity contribution in [2.24, 2.45) is 0 Å². The van der Waals surface area contributed by atoms with Crippen molar-refractivity contribution < 1.29 is 9.53 Å². The van der Waals surface area contributed by atoms with Gasteiger partial charge in [0.25, 0.3) is 0 Å². The van der Waals surface area contributed by atoms with E-state index in [0.717, 1.165) is 24.3 Å². The Morgan fingerprint density at radius 1 is 1.41 bits per heavy atom. The molecule has 116 valence electrons. The lowest BCUT2D eigenvalue weighted by Crippen LogP contribution is -2.40. The summed E-state index contributed by atoms with van der Waals surface area (Å²) in [7, 11) is 0. The fourth-order valence-corrected chi connectivity index (χ4v) is 2.36. The van der Waals surface area contributed by atoms with Crippen LogP contribution in [0.4, 0.5) is 5.69 Å². The van der Waals surface area contributed by atoms with Crippen LogP contribution in [0.15, 0.2) is 36.9 Å². The molecule has 1 aliphatic rings. The first-order valence-electron chi connectivity index (χ1n) is 7.33. The first-order chi connectivity index (χ1) is 10.8. The number of hydrogen-bond acceptors (Lipinski definition) is 5. The molecule has 1 unspecified atom stereocenters. The van der Waals surface area contributed by atoms with Crippen molar-refractivity contribution in [3.63, 3.8) is 0 Å². The Kier molecular flexibility index (Phi) is 4.77. The lowest BCUT2D eigenvalue weighted by molar-refractivity contribution is -0.119. The summed E-state index contributed by atoms with van der Waals surface area (Å²) >= 11 is 0. The molecule has 0 aliphatic carbocycles. The highest BCUT2D eigenvalue weighted by Crippen LogP contribution is 2.12. The number of nitrogens with zero attached hydrogens (tertiary/aromatic N) is 3. The molecule has 22 heavy (non-hydrogen) atoms. The van der Waals surface area contributed by atoms with Gasteiger partial charge in [0.1, 0.15) is 12.7 Å². The van der Waals surface area contributed by atoms with Gasteiger partial charge in [-0.15, -0.1) is 0 Å². The summed E-state index contributed by atoms with van der Waals surface area (Å²) in [5.41, 5.74) is 1.89. The second-order valence-corrected chi connectivity index (χ2v) is 5.24. The summed E-state index contributed by atoms with van der Waals surface area (Å²) < 4.78 is 7.28. The standard InChI is InChI=1S/C15H19N5O2/c21-15(7-14-8-16-5-6-22-14)19-13-3-1-12(2-4-13)9-20-11-17-10-18-20/h1-4,10-11,14,16H,5-9H2,(H,19,21). The average molecular weight is 301 g/mol. The first kappa shape index (κ1) is 14.7. The molecule has 2 heterocycles. The van der Waals surface area contributed by atoms with Crippen LogP contribution in [0.2, 0.25) is 0 Å². The van der Waals surface area contributed by atoms with Crippen LogP contribution in [0.1, 0.15) is 12.0 Å². The van der Waals surface area contributed by atoms with Crippen LogP contribution in [0.5, 0.6) is 0 Å². The highest BCUT2D eigenvalue weighted by Gasteiger charge is 2.17. The molecule has 1 aliphatic heterocycles. The molecule has 0 saturated carbocycles. The number of carbonyl (C=O) groups excluding carboxylic acids is 1. The lowest BCUT2D eigenvalue weighted by atomic mass is 10.2. The Morgan fingerprint density at radius 3 is 2.95 bits per heavy atom. The molecule has 0 bridgehead atoms. The van der Waals surface area contributed by atoms with E-state index in [9.17, 15) is 4.79 Å². The molecule has 1 amide bonds. The first-order valence-corrected chi connectivity index (χ1v) is 7.33. The van der Waals surface area contributed by atoms with E-state index in [1.165, 1.54) is 6.33 Å². The summed E-state index contributed by atoms with van der Waals surface area (Å²) in [5.74, 6) is -0.0299. The predicted molar refractivity (Wildman–Crippen MR) is 81.4 cm³/mol. The Bertz CT molecular complexity index is 591. The molecule has 0 spiro atoms. The van der Waals surface area contributed by atoms with Crippen LogP contribution < -0.4 is 10.6 Å². The number of ether oxygens (including phenoxy) is 1. The molecular weight excluding hydrogens is 282 g/mol. The van der Waals surface area contributed by atoms with Crippen LogP contribution in [-0.2, 0) is 16.1 Å². The summed E-state index contributed by atoms with van der Waals surface area (Å²) in [6, 6.07) is 7.72. The van der Waals surface area contributed by atoms with E-state index < -0.39 is 0 Å². The third-order valence-electron chi connectivity index (χ3n) is 3.47. The average Bonchev–Trinajstić information content (AvgIpc) is 3.03. The topological polar surface area (TPSA) is 81.1 Å². The van der Waals surface area contributed by atoms with E-state index in [4.69, 9.17) is 4.74 Å². The number of hydrogen-bond donors (Lipinski definition) is 2. The summed E-state index contributed by atoms with van der Waals surface area (Å²) in [6.07, 6.45) is 3.51. The maximum Gasteiger partial charge on any atom is 0.227 e. The van der Waals surface area contributed by atoms with Gasteiger partial charge in [0.2, 0.25) is 5.91 Å². The van der Waals surface area contributed by atoms with Crippen LogP contribution in [0.3, 0.4) is 0 Å². The number of amides is 1. The third kappa shape index (κ3) is 4.12. The molecule has 1 fully saturated rings. The molecule has 1 saturated heterocycles. The third-order valence-corrected chi connectivity index (χ3v) is 3.47. The SMILES string of the molecule is O=C(CC1CNCCO1)Nc1ccc(Cn2cncn2)cc1. The molecule has 3 rings (SSSR count). The fraction of sp³-hybridized carbons (Fsp3) is 0.400. The highest BCUT2D eigenvalue weighted by atomic mass is 16.5. The Morgan fingerprint density at radius 2 is 2.27 bits per heavy atom. The Hall–Kier alpha value is -2.25. The number of anilines is 1. The van der Waals surface area contributed by atoms with E-state index in [1.807, 2.05) is 24.3 Å². The Labute approximate surface area is 128 Å². The second kappa shape index (κ2) is 7.15. The maximum absolute atomic E-state index is 12.0. The summed E-state index contributed by atoms with van der Waals surface area (Å²) in [5, 5.41) is 10.2. The minimum atomic E-state index is -0.0414. The zero-order valence-corrected chi connectivity index (χ0v) is 12.2. The van der Waals surface area contributed by atoms with Crippen molar-refractivity contribution >= 4 is 11.6 Å². The van der Waals surface area contributed by atoms with Gasteiger partial charge in [0.15, 0.2) is 0 Å². The molecule has 0 radical (unpaired) electrons. The van der Waals surface area contributed by atoms with Crippen molar-refractivity contribution in [3.05, 3.63) is 42.5 Å². The number of benzene rings is 1. The molecule has 2 N–H and O–H groups in total. The summed E-state index contributed by atoms with van der Waals surface area (Å²) in [6.45, 7) is 2.90. The smallest absolute Gasteiger partial charge is 0.227 e. The van der Waals surface area contributed by atoms with E-state index in [-0.39, 0.29) is 12.0 Å². The molecule has 1 aromatic carbocycles. The van der Waals surface area contributed by atoms with Gasteiger partial charge in [-0.3, -0.25) is 4.79 Å². The molecule has 1 atom stereocenters. The highest BCUT2D eigenvalue weighted by molar-refractivity contribution is 5.91. The van der Waals surface area contributed by atoms with Gasteiger partial charge in [-0.1, -0.05) is 12.1 Å². The minimum absolute atomic E-state index is 0.0299. The van der Waals surface area contributed by atoms with E-state index >= 15 is 0 Å². The molecular formula is C15H19N5O2. The number of carbonyl (C=O) groups is 1. The van der Waals surface area contributed by atoms with Crippen molar-refractivity contribution in [2.45, 2.75) is 19.1 Å².